The van der Waals surface area contributed by atoms with E-state index >= 15 is 0 Å². The fourth-order valence-corrected chi connectivity index (χ4v) is 9.53. The van der Waals surface area contributed by atoms with E-state index in [0.29, 0.717) is 46.8 Å². The van der Waals surface area contributed by atoms with E-state index in [2.05, 4.69) is 67.3 Å². The second-order valence-corrected chi connectivity index (χ2v) is 17.4. The molecule has 1 atom stereocenters. The molecule has 7 heterocycles. The highest BCUT2D eigenvalue weighted by Gasteiger charge is 2.33. The van der Waals surface area contributed by atoms with Crippen LogP contribution in [0.3, 0.4) is 0 Å². The van der Waals surface area contributed by atoms with Gasteiger partial charge in [-0.15, -0.1) is 6.58 Å². The summed E-state index contributed by atoms with van der Waals surface area (Å²) in [6.07, 6.45) is 8.02. The number of anilines is 3. The number of imide groups is 1. The summed E-state index contributed by atoms with van der Waals surface area (Å²) in [7, 11) is 1.76. The van der Waals surface area contributed by atoms with Crippen LogP contribution in [0.2, 0.25) is 0 Å². The zero-order chi connectivity index (χ0) is 43.3. The molecule has 1 unspecified atom stereocenters. The second kappa shape index (κ2) is 16.5. The number of nitrogens with one attached hydrogen (secondary N) is 2. The van der Waals surface area contributed by atoms with Crippen molar-refractivity contribution in [2.75, 3.05) is 42.9 Å². The summed E-state index contributed by atoms with van der Waals surface area (Å²) in [5.74, 6) is 1.14. The number of para-hydroxylation sites is 1. The molecule has 0 aliphatic carbocycles. The molecule has 2 aromatic carbocycles. The Balaban J connectivity index is 0.810. The van der Waals surface area contributed by atoms with Gasteiger partial charge >= 0.3 is 5.69 Å². The molecule has 16 heteroatoms. The van der Waals surface area contributed by atoms with E-state index in [1.165, 1.54) is 16.4 Å². The van der Waals surface area contributed by atoms with Crippen LogP contribution in [0.1, 0.15) is 75.6 Å². The summed E-state index contributed by atoms with van der Waals surface area (Å²) in [6, 6.07) is 19.0. The first-order chi connectivity index (χ1) is 29.9. The number of carbonyl (C=O) groups excluding carboxylic acids is 2. The van der Waals surface area contributed by atoms with Gasteiger partial charge in [-0.3, -0.25) is 28.8 Å². The molecule has 3 N–H and O–H groups in total. The molecule has 62 heavy (non-hydrogen) atoms. The number of allylic oxidation sites excluding steroid dienone is 1. The predicted molar refractivity (Wildman–Crippen MR) is 238 cm³/mol. The average molecular weight is 840 g/mol. The highest BCUT2D eigenvalue weighted by atomic mass is 16.3. The first-order valence-electron chi connectivity index (χ1n) is 21.6. The zero-order valence-electron chi connectivity index (χ0n) is 35.5. The molecule has 6 aromatic rings. The number of rotatable bonds is 11. The largest absolute Gasteiger partial charge is 0.384 e. The molecule has 4 aromatic heterocycles. The average Bonchev–Trinajstić information content (AvgIpc) is 3.69. The second-order valence-electron chi connectivity index (χ2n) is 17.4. The molecule has 3 saturated heterocycles. The number of aliphatic hydroxyl groups is 1. The topological polar surface area (TPSA) is 177 Å². The maximum absolute atomic E-state index is 13.5. The maximum atomic E-state index is 13.5. The summed E-state index contributed by atoms with van der Waals surface area (Å²) < 4.78 is 6.37. The first-order valence-corrected chi connectivity index (χ1v) is 21.6. The number of aromatic nitrogens is 7. The normalized spacial score (nSPS) is 18.5. The van der Waals surface area contributed by atoms with Gasteiger partial charge in [0.15, 0.2) is 11.5 Å². The number of piperidine rings is 3. The van der Waals surface area contributed by atoms with Crippen molar-refractivity contribution in [3.63, 3.8) is 0 Å². The van der Waals surface area contributed by atoms with E-state index in [0.717, 1.165) is 80.8 Å². The number of amides is 2. The third-order valence-corrected chi connectivity index (χ3v) is 12.9. The third kappa shape index (κ3) is 7.72. The van der Waals surface area contributed by atoms with Crippen molar-refractivity contribution in [2.24, 2.45) is 13.0 Å². The quantitative estimate of drug-likeness (QED) is 0.120. The smallest absolute Gasteiger partial charge is 0.329 e. The van der Waals surface area contributed by atoms with Gasteiger partial charge in [0.25, 0.3) is 5.56 Å². The molecule has 3 fully saturated rings. The van der Waals surface area contributed by atoms with Gasteiger partial charge in [-0.1, -0.05) is 30.3 Å². The monoisotopic (exact) mass is 839 g/mol. The van der Waals surface area contributed by atoms with E-state index < -0.39 is 17.6 Å². The molecule has 0 spiro atoms. The molecule has 0 radical (unpaired) electrons. The summed E-state index contributed by atoms with van der Waals surface area (Å²) in [4.78, 5) is 70.3. The van der Waals surface area contributed by atoms with Crippen molar-refractivity contribution in [3.8, 4) is 5.82 Å². The van der Waals surface area contributed by atoms with Crippen LogP contribution in [0.15, 0.2) is 89.1 Å². The van der Waals surface area contributed by atoms with Crippen LogP contribution < -0.4 is 26.8 Å². The Morgan fingerprint density at radius 1 is 0.919 bits per heavy atom. The lowest BCUT2D eigenvalue weighted by Gasteiger charge is -2.38. The van der Waals surface area contributed by atoms with Crippen LogP contribution in [0.4, 0.5) is 17.3 Å². The fourth-order valence-electron chi connectivity index (χ4n) is 9.53. The molecule has 16 nitrogen and oxygen atoms in total. The molecule has 0 bridgehead atoms. The number of nitrogens with zero attached hydrogens (tertiary/aromatic N) is 9. The van der Waals surface area contributed by atoms with Gasteiger partial charge in [-0.05, 0) is 113 Å². The van der Waals surface area contributed by atoms with Crippen molar-refractivity contribution in [3.05, 3.63) is 112 Å². The van der Waals surface area contributed by atoms with Gasteiger partial charge in [-0.25, -0.2) is 24.1 Å². The molecule has 9 rings (SSSR count). The Bertz CT molecular complexity index is 2800. The number of likely N-dealkylation sites (tertiary alicyclic amines) is 1. The van der Waals surface area contributed by atoms with Gasteiger partial charge < -0.3 is 20.2 Å². The van der Waals surface area contributed by atoms with E-state index in [1.807, 2.05) is 12.1 Å². The number of hydrogen-bond donors (Lipinski definition) is 3. The van der Waals surface area contributed by atoms with Gasteiger partial charge in [0, 0.05) is 45.0 Å². The summed E-state index contributed by atoms with van der Waals surface area (Å²) in [5.41, 5.74) is 3.89. The number of aryl methyl sites for hydroxylation is 1. The van der Waals surface area contributed by atoms with Crippen LogP contribution in [-0.4, -0.2) is 88.0 Å². The van der Waals surface area contributed by atoms with Crippen molar-refractivity contribution in [1.82, 2.24) is 43.7 Å². The minimum absolute atomic E-state index is 0.216. The molecular formula is C46H53N11O5. The maximum Gasteiger partial charge on any atom is 0.329 e. The third-order valence-electron chi connectivity index (χ3n) is 12.9. The van der Waals surface area contributed by atoms with Gasteiger partial charge in [0.2, 0.25) is 17.8 Å². The van der Waals surface area contributed by atoms with Crippen LogP contribution >= 0.6 is 0 Å². The Kier molecular flexibility index (Phi) is 10.9. The van der Waals surface area contributed by atoms with Gasteiger partial charge in [0.1, 0.15) is 17.0 Å². The van der Waals surface area contributed by atoms with Crippen LogP contribution in [0.25, 0.3) is 27.9 Å². The van der Waals surface area contributed by atoms with Crippen LogP contribution in [-0.2, 0) is 28.8 Å². The number of pyridine rings is 1. The van der Waals surface area contributed by atoms with E-state index in [4.69, 9.17) is 4.98 Å². The molecular weight excluding hydrogens is 787 g/mol. The lowest BCUT2D eigenvalue weighted by atomic mass is 9.88. The molecule has 3 aliphatic rings. The van der Waals surface area contributed by atoms with Crippen molar-refractivity contribution in [1.29, 1.82) is 0 Å². The minimum Gasteiger partial charge on any atom is -0.384 e. The summed E-state index contributed by atoms with van der Waals surface area (Å²) in [5, 5.41) is 16.7. The molecule has 0 saturated carbocycles. The zero-order valence-corrected chi connectivity index (χ0v) is 35.5. The summed E-state index contributed by atoms with van der Waals surface area (Å²) >= 11 is 0. The highest BCUT2D eigenvalue weighted by Crippen LogP contribution is 2.34. The highest BCUT2D eigenvalue weighted by molar-refractivity contribution is 6.00. The van der Waals surface area contributed by atoms with Crippen LogP contribution in [0.5, 0.6) is 0 Å². The number of carbonyl (C=O) groups is 2. The lowest BCUT2D eigenvalue weighted by molar-refractivity contribution is -0.135. The number of imidazole rings is 1. The van der Waals surface area contributed by atoms with E-state index in [1.54, 1.807) is 59.0 Å². The fraction of sp³-hybridized carbons (Fsp3) is 0.413. The van der Waals surface area contributed by atoms with E-state index in [9.17, 15) is 24.3 Å². The number of benzene rings is 2. The standard InChI is InChI=1S/C46H53N11O5/c1-5-22-55-43(60)33-27-47-44(51-41(33)57(55)38-11-7-10-37(49-38)46(2,3)62)48-32-14-12-30(13-15-32)31-20-23-53(24-21-31)28-29-18-25-54(26-19-29)34-8-6-9-35-40(34)52(4)45(61)56(35)36-16-17-39(58)50-42(36)59/h5-15,27,29,31,36,62H,1,16-26,28H2,2-4H3,(H,47,48,51)(H,50,58,59). The van der Waals surface area contributed by atoms with Crippen molar-refractivity contribution >= 4 is 51.2 Å². The lowest BCUT2D eigenvalue weighted by Crippen LogP contribution is -2.44. The summed E-state index contributed by atoms with van der Waals surface area (Å²) in [6.45, 7) is 12.4. The molecule has 322 valence electrons. The molecule has 2 amide bonds. The Hall–Kier alpha value is -6.39. The Morgan fingerprint density at radius 3 is 2.37 bits per heavy atom. The van der Waals surface area contributed by atoms with E-state index in [-0.39, 0.29) is 30.1 Å². The number of fused-ring (bicyclic) bond motifs is 2. The first kappa shape index (κ1) is 41.0. The predicted octanol–water partition coefficient (Wildman–Crippen LogP) is 4.86. The van der Waals surface area contributed by atoms with Gasteiger partial charge in [-0.2, -0.15) is 4.98 Å². The minimum atomic E-state index is -1.17. The molecule has 3 aliphatic heterocycles. The number of hydrogen-bond acceptors (Lipinski definition) is 11. The Labute approximate surface area is 358 Å². The van der Waals surface area contributed by atoms with Gasteiger partial charge in [0.05, 0.1) is 29.0 Å². The Morgan fingerprint density at radius 2 is 1.66 bits per heavy atom. The van der Waals surface area contributed by atoms with Crippen LogP contribution in [0, 0.1) is 5.92 Å². The van der Waals surface area contributed by atoms with Crippen molar-refractivity contribution < 1.29 is 14.7 Å². The SMILES string of the molecule is C=CCn1c(=O)c2cnc(Nc3ccc(C4CCN(CC5CCN(c6cccc7c6n(C)c(=O)n7C6CCC(=O)NC6=O)CC5)CC4)cc3)nc2n1-c1cccc(C(C)(C)O)n1. The van der Waals surface area contributed by atoms with Crippen molar-refractivity contribution in [2.45, 2.75) is 76.5 Å².